The zero-order valence-corrected chi connectivity index (χ0v) is 18.4. The second-order valence-corrected chi connectivity index (χ2v) is 8.12. The molecule has 0 aliphatic carbocycles. The highest BCUT2D eigenvalue weighted by Gasteiger charge is 2.30. The second kappa shape index (κ2) is 8.63. The predicted octanol–water partition coefficient (Wildman–Crippen LogP) is 4.22. The van der Waals surface area contributed by atoms with Gasteiger partial charge >= 0.3 is 0 Å². The van der Waals surface area contributed by atoms with Gasteiger partial charge < -0.3 is 14.3 Å². The number of rotatable bonds is 4. The maximum Gasteiger partial charge on any atom is 0.259 e. The number of hydrogen-bond acceptors (Lipinski definition) is 7. The first-order valence-electron chi connectivity index (χ1n) is 9.30. The average Bonchev–Trinajstić information content (AvgIpc) is 3.14. The van der Waals surface area contributed by atoms with E-state index in [0.29, 0.717) is 59.5 Å². The average molecular weight is 493 g/mol. The number of aryl methyl sites for hydroxylation is 1. The number of hydrogen-bond donors (Lipinski definition) is 2. The molecule has 0 radical (unpaired) electrons. The summed E-state index contributed by atoms with van der Waals surface area (Å²) in [6, 6.07) is 9.00. The van der Waals surface area contributed by atoms with E-state index in [1.165, 1.54) is 0 Å². The van der Waals surface area contributed by atoms with Gasteiger partial charge in [0.15, 0.2) is 0 Å². The Labute approximate surface area is 186 Å². The first-order valence-corrected chi connectivity index (χ1v) is 10.5. The van der Waals surface area contributed by atoms with E-state index in [1.807, 2.05) is 18.2 Å². The lowest BCUT2D eigenvalue weighted by atomic mass is 10.0. The van der Waals surface area contributed by atoms with Crippen molar-refractivity contribution in [3.8, 4) is 11.3 Å². The van der Waals surface area contributed by atoms with Gasteiger partial charge in [-0.1, -0.05) is 35.0 Å². The molecule has 0 spiro atoms. The van der Waals surface area contributed by atoms with Crippen molar-refractivity contribution in [2.24, 2.45) is 0 Å². The van der Waals surface area contributed by atoms with Crippen molar-refractivity contribution in [3.63, 3.8) is 0 Å². The maximum atomic E-state index is 13.3. The van der Waals surface area contributed by atoms with Crippen LogP contribution in [0.15, 0.2) is 45.5 Å². The highest BCUT2D eigenvalue weighted by atomic mass is 79.9. The standard InChI is InChI=1S/C20H19BrClN5O3/c1-12-17(18(25-30-12)14-4-2-3-5-16(14)22)20(28)27-8-6-26(7-9-27)19-15(21)10-13(24-29)11-23-19/h2-5,10-11,24,29H,6-9H2,1H3. The highest BCUT2D eigenvalue weighted by molar-refractivity contribution is 9.10. The zero-order chi connectivity index (χ0) is 21.3. The summed E-state index contributed by atoms with van der Waals surface area (Å²) in [6.45, 7) is 4.03. The lowest BCUT2D eigenvalue weighted by Crippen LogP contribution is -2.49. The lowest BCUT2D eigenvalue weighted by molar-refractivity contribution is 0.0745. The lowest BCUT2D eigenvalue weighted by Gasteiger charge is -2.35. The van der Waals surface area contributed by atoms with Gasteiger partial charge in [-0.2, -0.15) is 0 Å². The largest absolute Gasteiger partial charge is 0.360 e. The van der Waals surface area contributed by atoms with E-state index in [-0.39, 0.29) is 5.91 Å². The number of piperazine rings is 1. The molecule has 0 atom stereocenters. The SMILES string of the molecule is Cc1onc(-c2ccccc2Cl)c1C(=O)N1CCN(c2ncc(NO)cc2Br)CC1. The number of carbonyl (C=O) groups excluding carboxylic acids is 1. The molecule has 1 saturated heterocycles. The van der Waals surface area contributed by atoms with Crippen molar-refractivity contribution in [2.75, 3.05) is 36.6 Å². The summed E-state index contributed by atoms with van der Waals surface area (Å²) in [7, 11) is 0. The van der Waals surface area contributed by atoms with Gasteiger partial charge in [0.2, 0.25) is 0 Å². The molecule has 30 heavy (non-hydrogen) atoms. The Balaban J connectivity index is 1.52. The van der Waals surface area contributed by atoms with E-state index in [2.05, 4.69) is 36.5 Å². The molecular formula is C20H19BrClN5O3. The molecule has 0 unspecified atom stereocenters. The smallest absolute Gasteiger partial charge is 0.259 e. The Hall–Kier alpha value is -2.62. The number of aromatic nitrogens is 2. The first-order chi connectivity index (χ1) is 14.5. The fourth-order valence-electron chi connectivity index (χ4n) is 3.47. The molecule has 1 aliphatic heterocycles. The second-order valence-electron chi connectivity index (χ2n) is 6.86. The molecule has 156 valence electrons. The monoisotopic (exact) mass is 491 g/mol. The molecule has 3 aromatic rings. The number of nitrogens with zero attached hydrogens (tertiary/aromatic N) is 4. The highest BCUT2D eigenvalue weighted by Crippen LogP contribution is 2.32. The Bertz CT molecular complexity index is 1080. The van der Waals surface area contributed by atoms with Crippen molar-refractivity contribution < 1.29 is 14.5 Å². The quantitative estimate of drug-likeness (QED) is 0.526. The Morgan fingerprint density at radius 3 is 2.67 bits per heavy atom. The van der Waals surface area contributed by atoms with Gasteiger partial charge in [-0.15, -0.1) is 0 Å². The third-order valence-corrected chi connectivity index (χ3v) is 5.94. The molecule has 8 nitrogen and oxygen atoms in total. The topological polar surface area (TPSA) is 94.7 Å². The number of amides is 1. The molecule has 2 N–H and O–H groups in total. The van der Waals surface area contributed by atoms with Crippen LogP contribution in [0.4, 0.5) is 11.5 Å². The Morgan fingerprint density at radius 2 is 2.00 bits per heavy atom. The summed E-state index contributed by atoms with van der Waals surface area (Å²) in [4.78, 5) is 21.5. The third-order valence-electron chi connectivity index (χ3n) is 5.02. The number of pyridine rings is 1. The summed E-state index contributed by atoms with van der Waals surface area (Å²) in [6.07, 6.45) is 1.55. The Kier molecular flexibility index (Phi) is 5.94. The number of halogens is 2. The van der Waals surface area contributed by atoms with E-state index in [1.54, 1.807) is 30.2 Å². The number of anilines is 2. The van der Waals surface area contributed by atoms with E-state index >= 15 is 0 Å². The van der Waals surface area contributed by atoms with Crippen LogP contribution in [-0.4, -0.2) is 52.3 Å². The van der Waals surface area contributed by atoms with Crippen LogP contribution in [0, 0.1) is 6.92 Å². The van der Waals surface area contributed by atoms with Crippen molar-refractivity contribution in [3.05, 3.63) is 57.3 Å². The van der Waals surface area contributed by atoms with Gasteiger partial charge in [0, 0.05) is 31.7 Å². The molecule has 1 aromatic carbocycles. The predicted molar refractivity (Wildman–Crippen MR) is 117 cm³/mol. The summed E-state index contributed by atoms with van der Waals surface area (Å²) >= 11 is 9.79. The van der Waals surface area contributed by atoms with Gasteiger partial charge in [-0.25, -0.2) is 4.98 Å². The summed E-state index contributed by atoms with van der Waals surface area (Å²) < 4.78 is 6.10. The van der Waals surface area contributed by atoms with Gasteiger partial charge in [0.05, 0.1) is 21.4 Å². The third kappa shape index (κ3) is 3.88. The summed E-state index contributed by atoms with van der Waals surface area (Å²) in [5.41, 5.74) is 4.14. The minimum atomic E-state index is -0.129. The van der Waals surface area contributed by atoms with Crippen LogP contribution < -0.4 is 10.4 Å². The molecule has 2 aromatic heterocycles. The van der Waals surface area contributed by atoms with Crippen LogP contribution >= 0.6 is 27.5 Å². The van der Waals surface area contributed by atoms with Crippen LogP contribution in [0.25, 0.3) is 11.3 Å². The molecule has 1 aliphatic rings. The first kappa shape index (κ1) is 20.6. The molecule has 4 rings (SSSR count). The zero-order valence-electron chi connectivity index (χ0n) is 16.1. The van der Waals surface area contributed by atoms with Crippen LogP contribution in [0.5, 0.6) is 0 Å². The molecule has 10 heteroatoms. The van der Waals surface area contributed by atoms with Gasteiger partial charge in [0.25, 0.3) is 5.91 Å². The van der Waals surface area contributed by atoms with Crippen molar-refractivity contribution in [2.45, 2.75) is 6.92 Å². The van der Waals surface area contributed by atoms with E-state index in [0.717, 1.165) is 10.3 Å². The number of carbonyl (C=O) groups is 1. The van der Waals surface area contributed by atoms with Crippen LogP contribution in [0.2, 0.25) is 5.02 Å². The molecule has 0 saturated carbocycles. The minimum absolute atomic E-state index is 0.129. The minimum Gasteiger partial charge on any atom is -0.360 e. The fraction of sp³-hybridized carbons (Fsp3) is 0.250. The van der Waals surface area contributed by atoms with Crippen molar-refractivity contribution in [1.82, 2.24) is 15.0 Å². The van der Waals surface area contributed by atoms with E-state index in [4.69, 9.17) is 21.3 Å². The van der Waals surface area contributed by atoms with E-state index < -0.39 is 0 Å². The molecule has 1 amide bonds. The molecule has 3 heterocycles. The molecular weight excluding hydrogens is 474 g/mol. The van der Waals surface area contributed by atoms with Gasteiger partial charge in [-0.05, 0) is 35.0 Å². The van der Waals surface area contributed by atoms with Gasteiger partial charge in [0.1, 0.15) is 22.8 Å². The van der Waals surface area contributed by atoms with Crippen molar-refractivity contribution >= 4 is 44.9 Å². The fourth-order valence-corrected chi connectivity index (χ4v) is 4.29. The van der Waals surface area contributed by atoms with E-state index in [9.17, 15) is 4.79 Å². The van der Waals surface area contributed by atoms with Crippen LogP contribution in [-0.2, 0) is 0 Å². The Morgan fingerprint density at radius 1 is 1.27 bits per heavy atom. The summed E-state index contributed by atoms with van der Waals surface area (Å²) in [5, 5.41) is 13.6. The van der Waals surface area contributed by atoms with Gasteiger partial charge in [-0.3, -0.25) is 15.5 Å². The number of benzene rings is 1. The number of nitrogens with one attached hydrogen (secondary N) is 1. The molecule has 1 fully saturated rings. The summed E-state index contributed by atoms with van der Waals surface area (Å²) in [5.74, 6) is 1.10. The maximum absolute atomic E-state index is 13.3. The van der Waals surface area contributed by atoms with Crippen LogP contribution in [0.1, 0.15) is 16.1 Å². The normalized spacial score (nSPS) is 14.1. The molecule has 0 bridgehead atoms. The van der Waals surface area contributed by atoms with Crippen molar-refractivity contribution in [1.29, 1.82) is 0 Å². The van der Waals surface area contributed by atoms with Crippen LogP contribution in [0.3, 0.4) is 0 Å².